The lowest BCUT2D eigenvalue weighted by Gasteiger charge is -2.14. The van der Waals surface area contributed by atoms with Crippen molar-refractivity contribution in [2.24, 2.45) is 0 Å². The second-order valence-electron chi connectivity index (χ2n) is 5.40. The average Bonchev–Trinajstić information content (AvgIpc) is 2.44. The second-order valence-corrected chi connectivity index (χ2v) is 6.26. The predicted octanol–water partition coefficient (Wildman–Crippen LogP) is 4.87. The minimum Gasteiger partial charge on any atom is -0.310 e. The fourth-order valence-electron chi connectivity index (χ4n) is 2.28. The molecule has 0 heterocycles. The maximum atomic E-state index is 3.59. The topological polar surface area (TPSA) is 12.0 Å². The van der Waals surface area contributed by atoms with Gasteiger partial charge in [-0.3, -0.25) is 0 Å². The van der Waals surface area contributed by atoms with Crippen LogP contribution in [-0.4, -0.2) is 6.04 Å². The van der Waals surface area contributed by atoms with Crippen molar-refractivity contribution >= 4 is 15.9 Å². The molecule has 0 bridgehead atoms. The van der Waals surface area contributed by atoms with E-state index in [1.54, 1.807) is 0 Å². The van der Waals surface area contributed by atoms with Gasteiger partial charge in [0.1, 0.15) is 0 Å². The summed E-state index contributed by atoms with van der Waals surface area (Å²) >= 11 is 3.59. The Balaban J connectivity index is 1.78. The van der Waals surface area contributed by atoms with Crippen LogP contribution < -0.4 is 5.32 Å². The Morgan fingerprint density at radius 1 is 1.10 bits per heavy atom. The van der Waals surface area contributed by atoms with Crippen LogP contribution in [-0.2, 0) is 13.0 Å². The molecular formula is C18H22BrN. The Bertz CT molecular complexity index is 551. The molecule has 2 rings (SSSR count). The molecule has 1 unspecified atom stereocenters. The van der Waals surface area contributed by atoms with Crippen molar-refractivity contribution in [2.45, 2.75) is 39.3 Å². The van der Waals surface area contributed by atoms with Crippen molar-refractivity contribution in [3.63, 3.8) is 0 Å². The molecule has 0 aliphatic heterocycles. The molecule has 0 amide bonds. The molecule has 0 aliphatic rings. The van der Waals surface area contributed by atoms with Gasteiger partial charge >= 0.3 is 0 Å². The molecule has 0 spiro atoms. The van der Waals surface area contributed by atoms with Gasteiger partial charge < -0.3 is 5.32 Å². The van der Waals surface area contributed by atoms with Gasteiger partial charge in [0, 0.05) is 17.1 Å². The molecule has 0 saturated heterocycles. The largest absolute Gasteiger partial charge is 0.310 e. The summed E-state index contributed by atoms with van der Waals surface area (Å²) in [5.41, 5.74) is 4.09. The van der Waals surface area contributed by atoms with Crippen LogP contribution in [0.2, 0.25) is 0 Å². The van der Waals surface area contributed by atoms with Gasteiger partial charge in [0.15, 0.2) is 0 Å². The van der Waals surface area contributed by atoms with Gasteiger partial charge in [0.2, 0.25) is 0 Å². The summed E-state index contributed by atoms with van der Waals surface area (Å²) in [4.78, 5) is 0. The lowest BCUT2D eigenvalue weighted by molar-refractivity contribution is 0.513. The zero-order valence-electron chi connectivity index (χ0n) is 12.2. The van der Waals surface area contributed by atoms with Crippen LogP contribution in [0.15, 0.2) is 53.0 Å². The fourth-order valence-corrected chi connectivity index (χ4v) is 2.70. The maximum Gasteiger partial charge on any atom is 0.0220 e. The Hall–Kier alpha value is -1.12. The van der Waals surface area contributed by atoms with E-state index >= 15 is 0 Å². The first-order chi connectivity index (χ1) is 9.65. The summed E-state index contributed by atoms with van der Waals surface area (Å²) in [6, 6.07) is 17.7. The third-order valence-electron chi connectivity index (χ3n) is 3.55. The molecule has 106 valence electrons. The molecule has 0 aliphatic carbocycles. The van der Waals surface area contributed by atoms with E-state index < -0.39 is 0 Å². The van der Waals surface area contributed by atoms with Crippen LogP contribution >= 0.6 is 15.9 Å². The van der Waals surface area contributed by atoms with Crippen molar-refractivity contribution in [3.05, 3.63) is 69.7 Å². The minimum atomic E-state index is 0.516. The quantitative estimate of drug-likeness (QED) is 0.796. The van der Waals surface area contributed by atoms with Crippen LogP contribution in [0.4, 0.5) is 0 Å². The van der Waals surface area contributed by atoms with E-state index in [2.05, 4.69) is 83.6 Å². The number of aryl methyl sites for hydroxylation is 2. The normalized spacial score (nSPS) is 12.3. The van der Waals surface area contributed by atoms with Crippen LogP contribution in [0.3, 0.4) is 0 Å². The number of nitrogens with one attached hydrogen (secondary N) is 1. The van der Waals surface area contributed by atoms with Crippen molar-refractivity contribution in [2.75, 3.05) is 0 Å². The molecule has 2 aromatic carbocycles. The summed E-state index contributed by atoms with van der Waals surface area (Å²) in [6.07, 6.45) is 2.29. The Morgan fingerprint density at radius 3 is 2.65 bits per heavy atom. The maximum absolute atomic E-state index is 3.59. The summed E-state index contributed by atoms with van der Waals surface area (Å²) < 4.78 is 1.18. The van der Waals surface area contributed by atoms with Gasteiger partial charge in [-0.1, -0.05) is 64.0 Å². The Morgan fingerprint density at radius 2 is 1.90 bits per heavy atom. The molecule has 0 aromatic heterocycles. The van der Waals surface area contributed by atoms with E-state index in [1.165, 1.54) is 21.2 Å². The first-order valence-electron chi connectivity index (χ1n) is 7.17. The van der Waals surface area contributed by atoms with E-state index in [4.69, 9.17) is 0 Å². The SMILES string of the molecule is Cc1cccc(CCC(C)NCc2ccccc2Br)c1. The summed E-state index contributed by atoms with van der Waals surface area (Å²) in [6.45, 7) is 5.32. The summed E-state index contributed by atoms with van der Waals surface area (Å²) in [5, 5.41) is 3.59. The molecule has 1 atom stereocenters. The third-order valence-corrected chi connectivity index (χ3v) is 4.32. The van der Waals surface area contributed by atoms with E-state index in [1.807, 2.05) is 0 Å². The Labute approximate surface area is 130 Å². The van der Waals surface area contributed by atoms with Gasteiger partial charge in [0.05, 0.1) is 0 Å². The smallest absolute Gasteiger partial charge is 0.0220 e. The molecule has 2 heteroatoms. The molecule has 0 fully saturated rings. The van der Waals surface area contributed by atoms with E-state index in [0.29, 0.717) is 6.04 Å². The lowest BCUT2D eigenvalue weighted by Crippen LogP contribution is -2.26. The number of halogens is 1. The van der Waals surface area contributed by atoms with Crippen molar-refractivity contribution in [3.8, 4) is 0 Å². The van der Waals surface area contributed by atoms with Gasteiger partial charge in [-0.25, -0.2) is 0 Å². The minimum absolute atomic E-state index is 0.516. The highest BCUT2D eigenvalue weighted by Crippen LogP contribution is 2.16. The summed E-state index contributed by atoms with van der Waals surface area (Å²) in [5.74, 6) is 0. The van der Waals surface area contributed by atoms with Gasteiger partial charge in [-0.2, -0.15) is 0 Å². The molecule has 1 N–H and O–H groups in total. The van der Waals surface area contributed by atoms with E-state index in [9.17, 15) is 0 Å². The third kappa shape index (κ3) is 4.77. The lowest BCUT2D eigenvalue weighted by atomic mass is 10.0. The van der Waals surface area contributed by atoms with Gasteiger partial charge in [-0.15, -0.1) is 0 Å². The van der Waals surface area contributed by atoms with E-state index in [-0.39, 0.29) is 0 Å². The molecule has 0 saturated carbocycles. The standard InChI is InChI=1S/C18H22BrN/c1-14-6-5-7-16(12-14)11-10-15(2)20-13-17-8-3-4-9-18(17)19/h3-9,12,15,20H,10-11,13H2,1-2H3. The number of rotatable bonds is 6. The molecule has 0 radical (unpaired) electrons. The highest BCUT2D eigenvalue weighted by molar-refractivity contribution is 9.10. The zero-order valence-corrected chi connectivity index (χ0v) is 13.8. The first kappa shape index (κ1) is 15.3. The Kier molecular flexibility index (Phi) is 5.81. The van der Waals surface area contributed by atoms with Crippen molar-refractivity contribution < 1.29 is 0 Å². The summed E-state index contributed by atoms with van der Waals surface area (Å²) in [7, 11) is 0. The second kappa shape index (κ2) is 7.61. The fraction of sp³-hybridized carbons (Fsp3) is 0.333. The number of benzene rings is 2. The van der Waals surface area contributed by atoms with E-state index in [0.717, 1.165) is 19.4 Å². The van der Waals surface area contributed by atoms with Crippen molar-refractivity contribution in [1.29, 1.82) is 0 Å². The average molecular weight is 332 g/mol. The van der Waals surface area contributed by atoms with Gasteiger partial charge in [-0.05, 0) is 43.9 Å². The highest BCUT2D eigenvalue weighted by Gasteiger charge is 2.04. The molecular weight excluding hydrogens is 310 g/mol. The van der Waals surface area contributed by atoms with Gasteiger partial charge in [0.25, 0.3) is 0 Å². The first-order valence-corrected chi connectivity index (χ1v) is 7.97. The van der Waals surface area contributed by atoms with Crippen molar-refractivity contribution in [1.82, 2.24) is 5.32 Å². The van der Waals surface area contributed by atoms with Crippen LogP contribution in [0.1, 0.15) is 30.0 Å². The monoisotopic (exact) mass is 331 g/mol. The van der Waals surface area contributed by atoms with Crippen LogP contribution in [0.5, 0.6) is 0 Å². The van der Waals surface area contributed by atoms with Crippen LogP contribution in [0, 0.1) is 6.92 Å². The molecule has 2 aromatic rings. The number of hydrogen-bond acceptors (Lipinski definition) is 1. The predicted molar refractivity (Wildman–Crippen MR) is 89.9 cm³/mol. The molecule has 20 heavy (non-hydrogen) atoms. The zero-order chi connectivity index (χ0) is 14.4. The molecule has 1 nitrogen and oxygen atoms in total. The highest BCUT2D eigenvalue weighted by atomic mass is 79.9. The number of hydrogen-bond donors (Lipinski definition) is 1. The van der Waals surface area contributed by atoms with Crippen LogP contribution in [0.25, 0.3) is 0 Å².